The lowest BCUT2D eigenvalue weighted by Crippen LogP contribution is -2.20. The third-order valence-electron chi connectivity index (χ3n) is 4.32. The first kappa shape index (κ1) is 19.0. The number of hydrogen-bond donors (Lipinski definition) is 1. The molecular formula is C21H20N4O3. The number of hydrogen-bond acceptors (Lipinski definition) is 4. The van der Waals surface area contributed by atoms with Crippen LogP contribution in [0, 0.1) is 24.0 Å². The Morgan fingerprint density at radius 1 is 1.18 bits per heavy atom. The van der Waals surface area contributed by atoms with Crippen LogP contribution < -0.4 is 5.43 Å². The quantitative estimate of drug-likeness (QED) is 0.404. The summed E-state index contributed by atoms with van der Waals surface area (Å²) < 4.78 is 1.98. The molecule has 1 amide bonds. The molecule has 2 aromatic carbocycles. The summed E-state index contributed by atoms with van der Waals surface area (Å²) in [6, 6.07) is 16.1. The van der Waals surface area contributed by atoms with Crippen molar-refractivity contribution < 1.29 is 9.72 Å². The maximum Gasteiger partial charge on any atom is 0.273 e. The van der Waals surface area contributed by atoms with Crippen molar-refractivity contribution in [1.29, 1.82) is 0 Å². The fourth-order valence-corrected chi connectivity index (χ4v) is 3.02. The molecule has 1 aromatic heterocycles. The Balaban J connectivity index is 1.70. The molecule has 0 aliphatic heterocycles. The molecule has 142 valence electrons. The zero-order valence-corrected chi connectivity index (χ0v) is 15.6. The van der Waals surface area contributed by atoms with Gasteiger partial charge in [-0.25, -0.2) is 5.43 Å². The summed E-state index contributed by atoms with van der Waals surface area (Å²) in [5.74, 6) is -0.421. The maximum absolute atomic E-state index is 12.1. The molecule has 1 heterocycles. The summed E-state index contributed by atoms with van der Waals surface area (Å²) in [5, 5.41) is 15.0. The monoisotopic (exact) mass is 376 g/mol. The van der Waals surface area contributed by atoms with Gasteiger partial charge in [0, 0.05) is 23.5 Å². The van der Waals surface area contributed by atoms with Crippen LogP contribution in [0.1, 0.15) is 22.4 Å². The van der Waals surface area contributed by atoms with Crippen molar-refractivity contribution in [2.45, 2.75) is 20.3 Å². The molecule has 0 bridgehead atoms. The molecule has 0 aliphatic carbocycles. The highest BCUT2D eigenvalue weighted by atomic mass is 16.6. The average molecular weight is 376 g/mol. The number of benzene rings is 2. The van der Waals surface area contributed by atoms with Crippen LogP contribution in [0.25, 0.3) is 5.69 Å². The number of rotatable bonds is 6. The van der Waals surface area contributed by atoms with E-state index >= 15 is 0 Å². The maximum atomic E-state index is 12.1. The van der Waals surface area contributed by atoms with E-state index in [9.17, 15) is 14.9 Å². The highest BCUT2D eigenvalue weighted by Crippen LogP contribution is 2.19. The molecule has 3 rings (SSSR count). The molecule has 0 saturated carbocycles. The summed E-state index contributed by atoms with van der Waals surface area (Å²) in [7, 11) is 0. The molecule has 28 heavy (non-hydrogen) atoms. The normalized spacial score (nSPS) is 10.9. The number of aryl methyl sites for hydroxylation is 2. The van der Waals surface area contributed by atoms with E-state index in [0.29, 0.717) is 5.56 Å². The molecule has 0 saturated heterocycles. The van der Waals surface area contributed by atoms with Crippen molar-refractivity contribution in [3.8, 4) is 5.69 Å². The number of nitro groups is 1. The molecule has 1 N–H and O–H groups in total. The van der Waals surface area contributed by atoms with Crippen LogP contribution in [0.15, 0.2) is 65.9 Å². The summed E-state index contributed by atoms with van der Waals surface area (Å²) >= 11 is 0. The van der Waals surface area contributed by atoms with Crippen LogP contribution in [-0.2, 0) is 11.2 Å². The Morgan fingerprint density at radius 3 is 2.71 bits per heavy atom. The van der Waals surface area contributed by atoms with Gasteiger partial charge >= 0.3 is 0 Å². The number of nitro benzene ring substituents is 1. The predicted molar refractivity (Wildman–Crippen MR) is 108 cm³/mol. The minimum Gasteiger partial charge on any atom is -0.315 e. The van der Waals surface area contributed by atoms with E-state index in [0.717, 1.165) is 16.9 Å². The van der Waals surface area contributed by atoms with E-state index in [2.05, 4.69) is 16.6 Å². The van der Waals surface area contributed by atoms with Gasteiger partial charge in [0.05, 0.1) is 23.3 Å². The van der Waals surface area contributed by atoms with Crippen molar-refractivity contribution in [1.82, 2.24) is 9.99 Å². The lowest BCUT2D eigenvalue weighted by molar-refractivity contribution is -0.385. The molecule has 0 atom stereocenters. The van der Waals surface area contributed by atoms with Crippen molar-refractivity contribution >= 4 is 17.8 Å². The Bertz CT molecular complexity index is 1050. The first-order valence-electron chi connectivity index (χ1n) is 8.75. The fourth-order valence-electron chi connectivity index (χ4n) is 3.02. The molecule has 0 radical (unpaired) electrons. The SMILES string of the molecule is Cc1ccc(-n2cccc2C=NNC(=O)Cc2ccccc2[N+](=O)[O-])c(C)c1. The van der Waals surface area contributed by atoms with Gasteiger partial charge in [-0.2, -0.15) is 5.10 Å². The molecule has 7 nitrogen and oxygen atoms in total. The zero-order chi connectivity index (χ0) is 20.1. The standard InChI is InChI=1S/C21H20N4O3/c1-15-9-10-19(16(2)12-15)24-11-5-7-18(24)14-22-23-21(26)13-17-6-3-4-8-20(17)25(27)28/h3-12,14H,13H2,1-2H3,(H,23,26). The Morgan fingerprint density at radius 2 is 1.96 bits per heavy atom. The molecule has 3 aromatic rings. The highest BCUT2D eigenvalue weighted by Gasteiger charge is 2.15. The molecule has 7 heteroatoms. The number of carbonyl (C=O) groups is 1. The van der Waals surface area contributed by atoms with Crippen molar-refractivity contribution in [2.75, 3.05) is 0 Å². The first-order chi connectivity index (χ1) is 13.5. The molecule has 0 fully saturated rings. The van der Waals surface area contributed by atoms with Gasteiger partial charge in [0.15, 0.2) is 0 Å². The summed E-state index contributed by atoms with van der Waals surface area (Å²) in [6.45, 7) is 4.08. The van der Waals surface area contributed by atoms with Gasteiger partial charge in [0.2, 0.25) is 5.91 Å². The smallest absolute Gasteiger partial charge is 0.273 e. The van der Waals surface area contributed by atoms with Crippen LogP contribution in [0.4, 0.5) is 5.69 Å². The van der Waals surface area contributed by atoms with Gasteiger partial charge in [-0.3, -0.25) is 14.9 Å². The van der Waals surface area contributed by atoms with Gasteiger partial charge in [-0.15, -0.1) is 0 Å². The minimum atomic E-state index is -0.497. The third-order valence-corrected chi connectivity index (χ3v) is 4.32. The second-order valence-corrected chi connectivity index (χ2v) is 6.45. The van der Waals surface area contributed by atoms with Crippen molar-refractivity contribution in [3.63, 3.8) is 0 Å². The van der Waals surface area contributed by atoms with Crippen molar-refractivity contribution in [2.24, 2.45) is 5.10 Å². The van der Waals surface area contributed by atoms with Crippen LogP contribution >= 0.6 is 0 Å². The molecule has 0 aliphatic rings. The zero-order valence-electron chi connectivity index (χ0n) is 15.6. The van der Waals surface area contributed by atoms with E-state index in [4.69, 9.17) is 0 Å². The van der Waals surface area contributed by atoms with Crippen molar-refractivity contribution in [3.05, 3.63) is 93.3 Å². The number of nitrogens with one attached hydrogen (secondary N) is 1. The number of para-hydroxylation sites is 1. The number of carbonyl (C=O) groups excluding carboxylic acids is 1. The summed E-state index contributed by atoms with van der Waals surface area (Å²) in [4.78, 5) is 22.6. The second-order valence-electron chi connectivity index (χ2n) is 6.45. The fraction of sp³-hybridized carbons (Fsp3) is 0.143. The highest BCUT2D eigenvalue weighted by molar-refractivity contribution is 5.83. The second kappa shape index (κ2) is 8.30. The Kier molecular flexibility index (Phi) is 5.64. The van der Waals surface area contributed by atoms with Gasteiger partial charge < -0.3 is 4.57 Å². The van der Waals surface area contributed by atoms with Gasteiger partial charge in [-0.1, -0.05) is 35.9 Å². The summed E-state index contributed by atoms with van der Waals surface area (Å²) in [5.41, 5.74) is 6.85. The molecule has 0 spiro atoms. The number of amides is 1. The van der Waals surface area contributed by atoms with Crippen LogP contribution in [-0.4, -0.2) is 21.6 Å². The Hall–Kier alpha value is -3.74. The number of hydrazone groups is 1. The topological polar surface area (TPSA) is 89.5 Å². The van der Waals surface area contributed by atoms with E-state index in [-0.39, 0.29) is 12.1 Å². The first-order valence-corrected chi connectivity index (χ1v) is 8.75. The molecule has 0 unspecified atom stereocenters. The minimum absolute atomic E-state index is 0.0784. The van der Waals surface area contributed by atoms with E-state index in [1.807, 2.05) is 48.9 Å². The predicted octanol–water partition coefficient (Wildman–Crippen LogP) is 3.70. The molecular weight excluding hydrogens is 356 g/mol. The summed E-state index contributed by atoms with van der Waals surface area (Å²) in [6.07, 6.45) is 3.36. The number of aromatic nitrogens is 1. The van der Waals surface area contributed by atoms with E-state index in [1.54, 1.807) is 24.4 Å². The van der Waals surface area contributed by atoms with Gasteiger partial charge in [-0.05, 0) is 37.6 Å². The number of nitrogens with zero attached hydrogens (tertiary/aromatic N) is 3. The average Bonchev–Trinajstić information content (AvgIpc) is 3.10. The van der Waals surface area contributed by atoms with E-state index < -0.39 is 10.8 Å². The lowest BCUT2D eigenvalue weighted by Gasteiger charge is -2.10. The third kappa shape index (κ3) is 4.32. The van der Waals surface area contributed by atoms with Crippen LogP contribution in [0.2, 0.25) is 0 Å². The lowest BCUT2D eigenvalue weighted by atomic mass is 10.1. The van der Waals surface area contributed by atoms with Crippen LogP contribution in [0.3, 0.4) is 0 Å². The van der Waals surface area contributed by atoms with Gasteiger partial charge in [0.1, 0.15) is 0 Å². The Labute approximate surface area is 162 Å². The van der Waals surface area contributed by atoms with E-state index in [1.165, 1.54) is 11.6 Å². The van der Waals surface area contributed by atoms with Crippen LogP contribution in [0.5, 0.6) is 0 Å². The largest absolute Gasteiger partial charge is 0.315 e. The van der Waals surface area contributed by atoms with Gasteiger partial charge in [0.25, 0.3) is 5.69 Å².